The largest absolute Gasteiger partial charge is 0.512 e. The van der Waals surface area contributed by atoms with Crippen LogP contribution in [0.25, 0.3) is 43.5 Å². The van der Waals surface area contributed by atoms with Gasteiger partial charge in [-0.1, -0.05) is 30.1 Å². The number of aliphatic hydroxyl groups excluding tert-OH is 1. The van der Waals surface area contributed by atoms with E-state index in [0.29, 0.717) is 5.69 Å². The maximum Gasteiger partial charge on any atom is 0.187 e. The number of ketones is 1. The van der Waals surface area contributed by atoms with Crippen LogP contribution in [0.1, 0.15) is 13.8 Å². The maximum absolute atomic E-state index is 10.0. The zero-order valence-electron chi connectivity index (χ0n) is 17.3. The summed E-state index contributed by atoms with van der Waals surface area (Å²) in [5, 5.41) is 11.4. The number of nitrogens with zero attached hydrogens (tertiary/aromatic N) is 5. The molecule has 0 unspecified atom stereocenters. The van der Waals surface area contributed by atoms with Crippen molar-refractivity contribution in [1.82, 2.24) is 19.5 Å². The van der Waals surface area contributed by atoms with Crippen molar-refractivity contribution in [3.8, 4) is 5.82 Å². The van der Waals surface area contributed by atoms with Gasteiger partial charge in [0.1, 0.15) is 0 Å². The summed E-state index contributed by atoms with van der Waals surface area (Å²) < 4.78 is 2.04. The number of benzene rings is 1. The van der Waals surface area contributed by atoms with Crippen LogP contribution in [0.15, 0.2) is 72.9 Å². The summed E-state index contributed by atoms with van der Waals surface area (Å²) >= 11 is 0. The van der Waals surface area contributed by atoms with Crippen LogP contribution in [-0.4, -0.2) is 25.4 Å². The second kappa shape index (κ2) is 9.56. The molecule has 0 bridgehead atoms. The van der Waals surface area contributed by atoms with Gasteiger partial charge in [-0.05, 0) is 53.9 Å². The van der Waals surface area contributed by atoms with Gasteiger partial charge in [0.25, 0.3) is 0 Å². The first-order valence-corrected chi connectivity index (χ1v) is 9.50. The molecule has 4 aromatic heterocycles. The molecule has 5 aromatic rings. The number of rotatable bonds is 2. The monoisotopic (exact) mass is 601 g/mol. The Labute approximate surface area is 197 Å². The summed E-state index contributed by atoms with van der Waals surface area (Å²) in [6.45, 7) is 10.1. The molecule has 0 aliphatic carbocycles. The third-order valence-corrected chi connectivity index (χ3v) is 4.63. The molecule has 8 heteroatoms. The van der Waals surface area contributed by atoms with E-state index in [9.17, 15) is 4.79 Å². The Morgan fingerprint density at radius 1 is 1.16 bits per heavy atom. The summed E-state index contributed by atoms with van der Waals surface area (Å²) in [6.07, 6.45) is 6.47. The Morgan fingerprint density at radius 3 is 2.62 bits per heavy atom. The zero-order chi connectivity index (χ0) is 22.0. The molecule has 161 valence electrons. The average molecular weight is 601 g/mol. The quantitative estimate of drug-likeness (QED) is 0.170. The van der Waals surface area contributed by atoms with Gasteiger partial charge in [-0.3, -0.25) is 14.8 Å². The fourth-order valence-corrected chi connectivity index (χ4v) is 3.45. The van der Waals surface area contributed by atoms with Gasteiger partial charge < -0.3 is 14.7 Å². The predicted octanol–water partition coefficient (Wildman–Crippen LogP) is 5.27. The summed E-state index contributed by atoms with van der Waals surface area (Å²) in [5.74, 6) is 0.750. The zero-order valence-corrected chi connectivity index (χ0v) is 19.7. The topological polar surface area (TPSA) is 86.5 Å². The van der Waals surface area contributed by atoms with Gasteiger partial charge in [0.15, 0.2) is 11.5 Å². The number of hydrogen-bond acceptors (Lipinski definition) is 4. The summed E-state index contributed by atoms with van der Waals surface area (Å²) in [7, 11) is 0. The van der Waals surface area contributed by atoms with Gasteiger partial charge in [0, 0.05) is 50.2 Å². The minimum absolute atomic E-state index is 0. The summed E-state index contributed by atoms with van der Waals surface area (Å²) in [5.41, 5.74) is 3.31. The van der Waals surface area contributed by atoms with Gasteiger partial charge in [0.05, 0.1) is 18.0 Å². The van der Waals surface area contributed by atoms with E-state index in [0.717, 1.165) is 38.7 Å². The van der Waals surface area contributed by atoms with E-state index in [4.69, 9.17) is 16.7 Å². The Balaban J connectivity index is 0.000000318. The van der Waals surface area contributed by atoms with Crippen molar-refractivity contribution in [2.24, 2.45) is 0 Å². The molecule has 0 aliphatic rings. The number of carbonyl (C=O) groups excluding carboxylic acids is 1. The minimum atomic E-state index is -0.125. The Hall–Kier alpha value is -3.79. The molecular weight excluding hydrogens is 583 g/mol. The van der Waals surface area contributed by atoms with Gasteiger partial charge in [-0.15, -0.1) is 0 Å². The van der Waals surface area contributed by atoms with Crippen LogP contribution < -0.4 is 4.98 Å². The number of carbonyl (C=O) groups is 1. The molecule has 0 aliphatic heterocycles. The second-order valence-corrected chi connectivity index (χ2v) is 6.97. The van der Waals surface area contributed by atoms with Crippen molar-refractivity contribution < 1.29 is 30.0 Å². The molecule has 0 amide bonds. The molecule has 1 radical (unpaired) electrons. The van der Waals surface area contributed by atoms with Crippen LogP contribution in [0.3, 0.4) is 0 Å². The van der Waals surface area contributed by atoms with E-state index in [1.165, 1.54) is 19.9 Å². The summed E-state index contributed by atoms with van der Waals surface area (Å²) in [6, 6.07) is 13.6. The number of pyridine rings is 2. The van der Waals surface area contributed by atoms with Crippen molar-refractivity contribution in [2.45, 2.75) is 13.8 Å². The van der Waals surface area contributed by atoms with Gasteiger partial charge in [-0.25, -0.2) is 4.85 Å². The van der Waals surface area contributed by atoms with Crippen LogP contribution in [0.2, 0.25) is 0 Å². The smallest absolute Gasteiger partial charge is 0.187 e. The second-order valence-electron chi connectivity index (χ2n) is 6.97. The number of fused-ring (bicyclic) bond motifs is 4. The number of aliphatic hydroxyl groups is 1. The standard InChI is InChI=1S/C19H10N5.C5H8O2.Ir/c1-20-13-4-5-17-15(10-13)14-3-2-7-22-19(14)24(17)18-9-12-6-8-21-11-16(12)23-18;1-4(6)3-5(2)7;/h2-11H;3,6H,1-2H3;/q-1;;/b;4-3-;. The van der Waals surface area contributed by atoms with E-state index in [1.807, 2.05) is 47.0 Å². The summed E-state index contributed by atoms with van der Waals surface area (Å²) in [4.78, 5) is 26.9. The maximum atomic E-state index is 10.0. The van der Waals surface area contributed by atoms with Crippen molar-refractivity contribution in [3.63, 3.8) is 0 Å². The molecule has 0 spiro atoms. The molecule has 0 saturated heterocycles. The normalized spacial score (nSPS) is 11.0. The first kappa shape index (κ1) is 22.9. The van der Waals surface area contributed by atoms with E-state index in [-0.39, 0.29) is 31.6 Å². The van der Waals surface area contributed by atoms with Gasteiger partial charge in [-0.2, -0.15) is 0 Å². The van der Waals surface area contributed by atoms with E-state index in [1.54, 1.807) is 18.6 Å². The first-order valence-electron chi connectivity index (χ1n) is 9.50. The van der Waals surface area contributed by atoms with Crippen molar-refractivity contribution in [3.05, 3.63) is 84.3 Å². The Bertz CT molecular complexity index is 1470. The van der Waals surface area contributed by atoms with E-state index >= 15 is 0 Å². The van der Waals surface area contributed by atoms with Crippen molar-refractivity contribution in [1.29, 1.82) is 0 Å². The number of hydrogen-bond donors (Lipinski definition) is 1. The fourth-order valence-electron chi connectivity index (χ4n) is 3.45. The molecular formula is C24H18IrN5O2-. The first-order chi connectivity index (χ1) is 15.0. The predicted molar refractivity (Wildman–Crippen MR) is 121 cm³/mol. The molecule has 0 atom stereocenters. The molecule has 5 rings (SSSR count). The van der Waals surface area contributed by atoms with Crippen molar-refractivity contribution in [2.75, 3.05) is 0 Å². The van der Waals surface area contributed by atoms with E-state index < -0.39 is 0 Å². The third-order valence-electron chi connectivity index (χ3n) is 4.63. The van der Waals surface area contributed by atoms with Crippen LogP contribution >= 0.6 is 0 Å². The van der Waals surface area contributed by atoms with Crippen LogP contribution in [0, 0.1) is 6.57 Å². The molecule has 4 heterocycles. The minimum Gasteiger partial charge on any atom is -0.512 e. The van der Waals surface area contributed by atoms with Crippen molar-refractivity contribution >= 4 is 44.3 Å². The molecule has 1 N–H and O–H groups in total. The van der Waals surface area contributed by atoms with Crippen LogP contribution in [0.5, 0.6) is 0 Å². The van der Waals surface area contributed by atoms with Crippen LogP contribution in [0.4, 0.5) is 5.69 Å². The molecule has 7 nitrogen and oxygen atoms in total. The number of allylic oxidation sites excluding steroid dienone is 2. The molecule has 1 aromatic carbocycles. The third kappa shape index (κ3) is 4.45. The average Bonchev–Trinajstić information content (AvgIpc) is 3.31. The van der Waals surface area contributed by atoms with E-state index in [2.05, 4.69) is 14.8 Å². The van der Waals surface area contributed by atoms with Gasteiger partial charge >= 0.3 is 0 Å². The fraction of sp³-hybridized carbons (Fsp3) is 0.0833. The Morgan fingerprint density at radius 2 is 1.97 bits per heavy atom. The van der Waals surface area contributed by atoms with Gasteiger partial charge in [0.2, 0.25) is 0 Å². The SMILES string of the molecule is CC(=O)/C=C(/C)O.[C-]#[N+]c1ccc2c(c1)c1cccnc1n2-c1cc2ccncc2[n-]1.[Ir]. The Kier molecular flexibility index (Phi) is 6.84. The molecule has 0 saturated carbocycles. The van der Waals surface area contributed by atoms with Crippen LogP contribution in [-0.2, 0) is 24.9 Å². The number of aromatic nitrogens is 4. The molecule has 32 heavy (non-hydrogen) atoms. The molecule has 0 fully saturated rings.